The number of carbonyl (C=O) groups is 2. The van der Waals surface area contributed by atoms with Crippen LogP contribution in [0.1, 0.15) is 30.0 Å². The molecule has 0 fully saturated rings. The van der Waals surface area contributed by atoms with Crippen LogP contribution in [0.3, 0.4) is 0 Å². The van der Waals surface area contributed by atoms with Crippen LogP contribution in [0.25, 0.3) is 0 Å². The van der Waals surface area contributed by atoms with Crippen LogP contribution < -0.4 is 10.2 Å². The number of para-hydroxylation sites is 1. The number of amides is 2. The summed E-state index contributed by atoms with van der Waals surface area (Å²) in [5.74, 6) is -0.0894. The van der Waals surface area contributed by atoms with E-state index < -0.39 is 12.3 Å². The van der Waals surface area contributed by atoms with E-state index in [9.17, 15) is 9.59 Å². The van der Waals surface area contributed by atoms with Crippen LogP contribution >= 0.6 is 11.3 Å². The molecular formula is C24H24N4O3S. The van der Waals surface area contributed by atoms with Gasteiger partial charge in [-0.15, -0.1) is 11.3 Å². The number of ether oxygens (including phenoxy) is 1. The number of fused-ring (bicyclic) bond motifs is 1. The first-order valence-corrected chi connectivity index (χ1v) is 11.3. The van der Waals surface area contributed by atoms with Crippen LogP contribution in [0.2, 0.25) is 0 Å². The average molecular weight is 449 g/mol. The molecule has 0 unspecified atom stereocenters. The molecule has 1 aliphatic rings. The number of benzene rings is 2. The predicted octanol–water partition coefficient (Wildman–Crippen LogP) is 4.24. The first-order valence-electron chi connectivity index (χ1n) is 10.4. The zero-order valence-corrected chi connectivity index (χ0v) is 18.7. The lowest BCUT2D eigenvalue weighted by molar-refractivity contribution is -0.120. The maximum Gasteiger partial charge on any atom is 0.409 e. The second-order valence-corrected chi connectivity index (χ2v) is 8.68. The summed E-state index contributed by atoms with van der Waals surface area (Å²) in [6, 6.07) is 17.0. The van der Waals surface area contributed by atoms with Crippen molar-refractivity contribution in [3.8, 4) is 0 Å². The van der Waals surface area contributed by atoms with Crippen molar-refractivity contribution in [1.29, 1.82) is 0 Å². The van der Waals surface area contributed by atoms with Crippen molar-refractivity contribution in [1.82, 2.24) is 10.3 Å². The summed E-state index contributed by atoms with van der Waals surface area (Å²) in [4.78, 5) is 36.8. The summed E-state index contributed by atoms with van der Waals surface area (Å²) in [5, 5.41) is 5.18. The van der Waals surface area contributed by atoms with Crippen molar-refractivity contribution in [2.45, 2.75) is 26.6 Å². The van der Waals surface area contributed by atoms with Gasteiger partial charge in [0, 0.05) is 23.7 Å². The molecule has 3 aromatic rings. The van der Waals surface area contributed by atoms with E-state index in [0.717, 1.165) is 16.8 Å². The van der Waals surface area contributed by atoms with Gasteiger partial charge in [-0.05, 0) is 17.5 Å². The number of nitrogens with zero attached hydrogens (tertiary/aromatic N) is 3. The Bertz CT molecular complexity index is 1110. The van der Waals surface area contributed by atoms with Gasteiger partial charge in [-0.3, -0.25) is 10.1 Å². The van der Waals surface area contributed by atoms with Crippen LogP contribution in [-0.2, 0) is 16.1 Å². The quantitative estimate of drug-likeness (QED) is 0.612. The van der Waals surface area contributed by atoms with E-state index in [1.807, 2.05) is 73.8 Å². The summed E-state index contributed by atoms with van der Waals surface area (Å²) in [5.41, 5.74) is 2.99. The van der Waals surface area contributed by atoms with E-state index >= 15 is 0 Å². The zero-order chi connectivity index (χ0) is 22.5. The van der Waals surface area contributed by atoms with Gasteiger partial charge >= 0.3 is 6.09 Å². The summed E-state index contributed by atoms with van der Waals surface area (Å²) in [6.45, 7) is 4.68. The van der Waals surface area contributed by atoms with E-state index in [4.69, 9.17) is 4.74 Å². The van der Waals surface area contributed by atoms with Crippen LogP contribution in [0.15, 0.2) is 71.2 Å². The van der Waals surface area contributed by atoms with Crippen LogP contribution in [0.4, 0.5) is 10.5 Å². The molecule has 8 heteroatoms. The molecule has 0 radical (unpaired) electrons. The number of rotatable bonds is 6. The van der Waals surface area contributed by atoms with Crippen LogP contribution in [0.5, 0.6) is 0 Å². The molecule has 1 aromatic heterocycles. The third-order valence-corrected chi connectivity index (χ3v) is 5.64. The topological polar surface area (TPSA) is 83.9 Å². The summed E-state index contributed by atoms with van der Waals surface area (Å²) < 4.78 is 5.34. The molecule has 2 amide bonds. The predicted molar refractivity (Wildman–Crippen MR) is 125 cm³/mol. The molecule has 0 saturated heterocycles. The zero-order valence-electron chi connectivity index (χ0n) is 17.9. The number of anilines is 1. The van der Waals surface area contributed by atoms with E-state index in [1.165, 1.54) is 11.3 Å². The Balaban J connectivity index is 1.65. The van der Waals surface area contributed by atoms with Gasteiger partial charge in [-0.25, -0.2) is 14.8 Å². The van der Waals surface area contributed by atoms with Gasteiger partial charge in [0.2, 0.25) is 6.17 Å². The van der Waals surface area contributed by atoms with Gasteiger partial charge < -0.3 is 9.64 Å². The summed E-state index contributed by atoms with van der Waals surface area (Å²) in [6.07, 6.45) is -0.131. The average Bonchev–Trinajstić information content (AvgIpc) is 3.30. The minimum atomic E-state index is -1.12. The molecule has 32 heavy (non-hydrogen) atoms. The minimum absolute atomic E-state index is 0.104. The molecule has 0 spiro atoms. The second-order valence-electron chi connectivity index (χ2n) is 7.78. The van der Waals surface area contributed by atoms with Crippen LogP contribution in [-0.4, -0.2) is 35.4 Å². The Morgan fingerprint density at radius 3 is 2.62 bits per heavy atom. The number of nitrogens with one attached hydrogen (secondary N) is 1. The fraction of sp³-hybridized carbons (Fsp3) is 0.250. The lowest BCUT2D eigenvalue weighted by atomic mass is 10.1. The standard InChI is InChI=1S/C24H24N4O3S/c1-16(2)14-28-19-11-7-6-10-18(19)20(22-25-12-13-32-22)26-21(23(28)29)27-24(30)31-15-17-8-4-3-5-9-17/h3-13,16,21H,14-15H2,1-2H3,(H,27,30)/t21-/m1/s1. The number of alkyl carbamates (subject to hydrolysis) is 1. The normalized spacial score (nSPS) is 15.7. The molecular weight excluding hydrogens is 424 g/mol. The lowest BCUT2D eigenvalue weighted by Gasteiger charge is -2.26. The third kappa shape index (κ3) is 4.86. The van der Waals surface area contributed by atoms with Crippen LogP contribution in [0, 0.1) is 5.92 Å². The lowest BCUT2D eigenvalue weighted by Crippen LogP contribution is -2.48. The highest BCUT2D eigenvalue weighted by molar-refractivity contribution is 7.12. The summed E-state index contributed by atoms with van der Waals surface area (Å²) in [7, 11) is 0. The largest absolute Gasteiger partial charge is 0.445 e. The highest BCUT2D eigenvalue weighted by Gasteiger charge is 2.34. The first kappa shape index (κ1) is 21.7. The molecule has 164 valence electrons. The van der Waals surface area contributed by atoms with Crippen molar-refractivity contribution in [2.75, 3.05) is 11.4 Å². The van der Waals surface area contributed by atoms with E-state index in [2.05, 4.69) is 15.3 Å². The number of aromatic nitrogens is 1. The second kappa shape index (κ2) is 9.74. The molecule has 1 N–H and O–H groups in total. The number of carbonyl (C=O) groups excluding carboxylic acids is 2. The Hall–Kier alpha value is -3.52. The number of aliphatic imine (C=N–C) groups is 1. The smallest absolute Gasteiger partial charge is 0.409 e. The molecule has 2 aromatic carbocycles. The van der Waals surface area contributed by atoms with Crippen molar-refractivity contribution >= 4 is 34.7 Å². The Morgan fingerprint density at radius 2 is 1.91 bits per heavy atom. The molecule has 0 bridgehead atoms. The first-order chi connectivity index (χ1) is 15.5. The van der Waals surface area contributed by atoms with Gasteiger partial charge in [0.15, 0.2) is 0 Å². The number of thiazole rings is 1. The molecule has 1 aliphatic heterocycles. The molecule has 1 atom stereocenters. The molecule has 0 saturated carbocycles. The summed E-state index contributed by atoms with van der Waals surface area (Å²) >= 11 is 1.43. The Labute approximate surface area is 190 Å². The van der Waals surface area contributed by atoms with Gasteiger partial charge in [-0.2, -0.15) is 0 Å². The van der Waals surface area contributed by atoms with Crippen molar-refractivity contribution in [3.05, 3.63) is 82.3 Å². The van der Waals surface area contributed by atoms with Gasteiger partial charge in [0.1, 0.15) is 17.3 Å². The number of benzodiazepines with no additional fused rings is 1. The molecule has 4 rings (SSSR count). The van der Waals surface area contributed by atoms with Crippen molar-refractivity contribution in [2.24, 2.45) is 10.9 Å². The fourth-order valence-electron chi connectivity index (χ4n) is 3.46. The maximum atomic E-state index is 13.5. The van der Waals surface area contributed by atoms with E-state index in [0.29, 0.717) is 17.3 Å². The van der Waals surface area contributed by atoms with Crippen molar-refractivity contribution < 1.29 is 14.3 Å². The molecule has 0 aliphatic carbocycles. The third-order valence-electron chi connectivity index (χ3n) is 4.86. The highest BCUT2D eigenvalue weighted by Crippen LogP contribution is 2.29. The molecule has 7 nitrogen and oxygen atoms in total. The maximum absolute atomic E-state index is 13.5. The van der Waals surface area contributed by atoms with Gasteiger partial charge in [-0.1, -0.05) is 62.4 Å². The Morgan fingerprint density at radius 1 is 1.16 bits per heavy atom. The van der Waals surface area contributed by atoms with E-state index in [1.54, 1.807) is 11.1 Å². The number of hydrogen-bond acceptors (Lipinski definition) is 6. The molecule has 2 heterocycles. The van der Waals surface area contributed by atoms with Gasteiger partial charge in [0.25, 0.3) is 5.91 Å². The highest BCUT2D eigenvalue weighted by atomic mass is 32.1. The fourth-order valence-corrected chi connectivity index (χ4v) is 4.11. The SMILES string of the molecule is CC(C)CN1C(=O)[C@@H](NC(=O)OCc2ccccc2)N=C(c2nccs2)c2ccccc21. The van der Waals surface area contributed by atoms with Gasteiger partial charge in [0.05, 0.1) is 5.69 Å². The number of hydrogen-bond donors (Lipinski definition) is 1. The Kier molecular flexibility index (Phi) is 6.61. The monoisotopic (exact) mass is 448 g/mol. The minimum Gasteiger partial charge on any atom is -0.445 e. The van der Waals surface area contributed by atoms with Crippen molar-refractivity contribution in [3.63, 3.8) is 0 Å². The van der Waals surface area contributed by atoms with E-state index in [-0.39, 0.29) is 18.4 Å².